The number of H-pyrrole nitrogens is 1. The van der Waals surface area contributed by atoms with Crippen molar-refractivity contribution in [2.75, 3.05) is 13.1 Å². The Morgan fingerprint density at radius 2 is 1.94 bits per heavy atom. The average molecular weight is 452 g/mol. The van der Waals surface area contributed by atoms with Gasteiger partial charge in [-0.15, -0.1) is 11.3 Å². The van der Waals surface area contributed by atoms with Crippen molar-refractivity contribution in [2.24, 2.45) is 0 Å². The molecule has 166 valence electrons. The molecule has 0 saturated carbocycles. The maximum Gasteiger partial charge on any atom is 0.300 e. The lowest BCUT2D eigenvalue weighted by molar-refractivity contribution is -0.134. The first kappa shape index (κ1) is 21.9. The monoisotopic (exact) mass is 451 g/mol. The maximum absolute atomic E-state index is 12.4. The molecule has 0 atom stereocenters. The third kappa shape index (κ3) is 4.63. The van der Waals surface area contributed by atoms with Crippen LogP contribution in [-0.4, -0.2) is 43.7 Å². The number of hydrogen-bond acceptors (Lipinski definition) is 6. The molecule has 0 aliphatic carbocycles. The number of carbonyl (C=O) groups is 1. The van der Waals surface area contributed by atoms with Crippen LogP contribution in [0.15, 0.2) is 46.7 Å². The number of carboxylic acid groups (broad SMARTS) is 1. The SMILES string of the molecule is CC(=O)O.Cc1ccccc1-c1csc(-c2cnn3c(C4CCNCC4)cc(=O)[nH]c23)n1. The highest BCUT2D eigenvalue weighted by Gasteiger charge is 2.21. The van der Waals surface area contributed by atoms with Crippen LogP contribution in [0.3, 0.4) is 0 Å². The molecule has 3 aromatic heterocycles. The molecule has 1 saturated heterocycles. The molecule has 9 heteroatoms. The van der Waals surface area contributed by atoms with Crippen LogP contribution in [0.4, 0.5) is 0 Å². The first-order valence-electron chi connectivity index (χ1n) is 10.5. The normalized spacial score (nSPS) is 14.2. The number of hydrogen-bond donors (Lipinski definition) is 3. The standard InChI is InChI=1S/C21H21N5OS.C2H4O2/c1-13-4-2-3-5-15(13)17-12-28-21(24-17)16-11-23-26-18(10-19(27)25-20(16)26)14-6-8-22-9-7-14;1-2(3)4/h2-5,10-12,14,22H,6-9H2,1H3,(H,25,27);1H3,(H,3,4). The van der Waals surface area contributed by atoms with Crippen molar-refractivity contribution in [1.82, 2.24) is 24.9 Å². The van der Waals surface area contributed by atoms with Crippen LogP contribution in [0.5, 0.6) is 0 Å². The van der Waals surface area contributed by atoms with Crippen LogP contribution in [0, 0.1) is 6.92 Å². The predicted octanol–water partition coefficient (Wildman–Crippen LogP) is 3.68. The Bertz CT molecular complexity index is 1300. The van der Waals surface area contributed by atoms with Crippen LogP contribution in [0.1, 0.15) is 36.9 Å². The van der Waals surface area contributed by atoms with Crippen LogP contribution < -0.4 is 10.9 Å². The van der Waals surface area contributed by atoms with Gasteiger partial charge in [0.15, 0.2) is 0 Å². The second-order valence-corrected chi connectivity index (χ2v) is 8.63. The number of benzene rings is 1. The number of nitrogens with zero attached hydrogens (tertiary/aromatic N) is 3. The average Bonchev–Trinajstić information content (AvgIpc) is 3.41. The van der Waals surface area contributed by atoms with Gasteiger partial charge >= 0.3 is 0 Å². The summed E-state index contributed by atoms with van der Waals surface area (Å²) in [5, 5.41) is 18.3. The molecule has 1 aliphatic heterocycles. The van der Waals surface area contributed by atoms with Crippen LogP contribution in [0.2, 0.25) is 0 Å². The number of carboxylic acids is 1. The van der Waals surface area contributed by atoms with Crippen molar-refractivity contribution < 1.29 is 9.90 Å². The summed E-state index contributed by atoms with van der Waals surface area (Å²) < 4.78 is 1.89. The van der Waals surface area contributed by atoms with E-state index in [4.69, 9.17) is 14.9 Å². The lowest BCUT2D eigenvalue weighted by atomic mass is 9.94. The Morgan fingerprint density at radius 1 is 1.22 bits per heavy atom. The Morgan fingerprint density at radius 3 is 2.66 bits per heavy atom. The minimum atomic E-state index is -0.833. The lowest BCUT2D eigenvalue weighted by Gasteiger charge is -2.23. The number of thiazole rings is 1. The minimum absolute atomic E-state index is 0.0848. The second kappa shape index (κ2) is 9.46. The maximum atomic E-state index is 12.4. The van der Waals surface area contributed by atoms with Gasteiger partial charge in [-0.25, -0.2) is 9.50 Å². The van der Waals surface area contributed by atoms with Crippen molar-refractivity contribution in [3.8, 4) is 21.8 Å². The molecule has 3 N–H and O–H groups in total. The van der Waals surface area contributed by atoms with E-state index in [9.17, 15) is 4.79 Å². The van der Waals surface area contributed by atoms with Gasteiger partial charge in [0.1, 0.15) is 10.7 Å². The van der Waals surface area contributed by atoms with Gasteiger partial charge in [-0.2, -0.15) is 5.10 Å². The summed E-state index contributed by atoms with van der Waals surface area (Å²) in [6.07, 6.45) is 3.85. The molecular weight excluding hydrogens is 426 g/mol. The van der Waals surface area contributed by atoms with E-state index in [1.54, 1.807) is 17.4 Å². The Kier molecular flexibility index (Phi) is 6.48. The minimum Gasteiger partial charge on any atom is -0.481 e. The van der Waals surface area contributed by atoms with E-state index >= 15 is 0 Å². The van der Waals surface area contributed by atoms with Gasteiger partial charge in [0, 0.05) is 29.9 Å². The molecule has 5 rings (SSSR count). The molecule has 0 radical (unpaired) electrons. The van der Waals surface area contributed by atoms with Gasteiger partial charge in [0.05, 0.1) is 23.1 Å². The van der Waals surface area contributed by atoms with E-state index in [2.05, 4.69) is 39.8 Å². The first-order chi connectivity index (χ1) is 15.4. The molecule has 0 unspecified atom stereocenters. The number of aromatic amines is 1. The van der Waals surface area contributed by atoms with Crippen molar-refractivity contribution in [1.29, 1.82) is 0 Å². The quantitative estimate of drug-likeness (QED) is 0.438. The number of fused-ring (bicyclic) bond motifs is 1. The van der Waals surface area contributed by atoms with Gasteiger partial charge in [0.25, 0.3) is 11.5 Å². The number of aliphatic carboxylic acids is 1. The van der Waals surface area contributed by atoms with Crippen LogP contribution in [0.25, 0.3) is 27.5 Å². The van der Waals surface area contributed by atoms with E-state index in [1.807, 2.05) is 22.8 Å². The Hall–Kier alpha value is -3.30. The van der Waals surface area contributed by atoms with E-state index in [-0.39, 0.29) is 5.56 Å². The van der Waals surface area contributed by atoms with Gasteiger partial charge in [-0.1, -0.05) is 24.3 Å². The highest BCUT2D eigenvalue weighted by Crippen LogP contribution is 2.33. The molecule has 1 fully saturated rings. The van der Waals surface area contributed by atoms with Crippen LogP contribution in [-0.2, 0) is 4.79 Å². The number of rotatable bonds is 3. The molecule has 1 aliphatic rings. The number of aromatic nitrogens is 4. The zero-order valence-corrected chi connectivity index (χ0v) is 18.8. The number of aryl methyl sites for hydroxylation is 1. The molecule has 4 heterocycles. The Labute approximate surface area is 189 Å². The summed E-state index contributed by atoms with van der Waals surface area (Å²) in [6.45, 7) is 5.12. The van der Waals surface area contributed by atoms with Gasteiger partial charge < -0.3 is 15.4 Å². The van der Waals surface area contributed by atoms with Crippen molar-refractivity contribution in [3.63, 3.8) is 0 Å². The van der Waals surface area contributed by atoms with Crippen molar-refractivity contribution in [3.05, 3.63) is 63.5 Å². The van der Waals surface area contributed by atoms with Crippen molar-refractivity contribution in [2.45, 2.75) is 32.6 Å². The molecule has 4 aromatic rings. The van der Waals surface area contributed by atoms with Gasteiger partial charge in [-0.3, -0.25) is 9.59 Å². The molecule has 32 heavy (non-hydrogen) atoms. The summed E-state index contributed by atoms with van der Waals surface area (Å²) in [7, 11) is 0. The van der Waals surface area contributed by atoms with Gasteiger partial charge in [0.2, 0.25) is 0 Å². The number of nitrogens with one attached hydrogen (secondary N) is 2. The summed E-state index contributed by atoms with van der Waals surface area (Å²) in [5.41, 5.74) is 5.78. The Balaban J connectivity index is 0.000000567. The topological polar surface area (TPSA) is 112 Å². The first-order valence-corrected chi connectivity index (χ1v) is 11.3. The summed E-state index contributed by atoms with van der Waals surface area (Å²) >= 11 is 1.58. The zero-order valence-electron chi connectivity index (χ0n) is 18.0. The largest absolute Gasteiger partial charge is 0.481 e. The molecule has 1 aromatic carbocycles. The molecule has 0 amide bonds. The van der Waals surface area contributed by atoms with Crippen molar-refractivity contribution >= 4 is 23.0 Å². The van der Waals surface area contributed by atoms with E-state index in [0.29, 0.717) is 5.92 Å². The molecule has 0 bridgehead atoms. The summed E-state index contributed by atoms with van der Waals surface area (Å²) in [6, 6.07) is 9.93. The smallest absolute Gasteiger partial charge is 0.300 e. The third-order valence-electron chi connectivity index (χ3n) is 5.45. The predicted molar refractivity (Wildman–Crippen MR) is 125 cm³/mol. The highest BCUT2D eigenvalue weighted by atomic mass is 32.1. The van der Waals surface area contributed by atoms with Crippen LogP contribution >= 0.6 is 11.3 Å². The molecular formula is C23H25N5O3S. The zero-order chi connectivity index (χ0) is 22.7. The highest BCUT2D eigenvalue weighted by molar-refractivity contribution is 7.13. The fourth-order valence-corrected chi connectivity index (χ4v) is 4.79. The van der Waals surface area contributed by atoms with E-state index in [0.717, 1.165) is 66.0 Å². The lowest BCUT2D eigenvalue weighted by Crippen LogP contribution is -2.28. The van der Waals surface area contributed by atoms with Gasteiger partial charge in [-0.05, 0) is 38.4 Å². The molecule has 0 spiro atoms. The van der Waals surface area contributed by atoms with E-state index < -0.39 is 5.97 Å². The fourth-order valence-electron chi connectivity index (χ4n) is 3.96. The molecule has 8 nitrogen and oxygen atoms in total. The third-order valence-corrected chi connectivity index (χ3v) is 6.32. The number of piperidine rings is 1. The fraction of sp³-hybridized carbons (Fsp3) is 0.304. The summed E-state index contributed by atoms with van der Waals surface area (Å²) in [4.78, 5) is 29.2. The second-order valence-electron chi connectivity index (χ2n) is 7.77. The van der Waals surface area contributed by atoms with E-state index in [1.165, 1.54) is 5.56 Å². The summed E-state index contributed by atoms with van der Waals surface area (Å²) in [5.74, 6) is -0.488.